The average molecular weight is 216 g/mol. The second-order valence-corrected chi connectivity index (χ2v) is 4.08. The molecule has 2 rings (SSSR count). The Bertz CT molecular complexity index is 477. The molecule has 3 heteroatoms. The van der Waals surface area contributed by atoms with Gasteiger partial charge < -0.3 is 10.0 Å². The third-order valence-corrected chi connectivity index (χ3v) is 2.58. The lowest BCUT2D eigenvalue weighted by Gasteiger charge is -2.22. The van der Waals surface area contributed by atoms with Gasteiger partial charge in [-0.05, 0) is 19.1 Å². The Balaban J connectivity index is 2.44. The largest absolute Gasteiger partial charge is 0.392 e. The van der Waals surface area contributed by atoms with Crippen LogP contribution >= 0.6 is 0 Å². The summed E-state index contributed by atoms with van der Waals surface area (Å²) in [6.45, 7) is 2.41. The number of hydrogen-bond donors (Lipinski definition) is 1. The molecular weight excluding hydrogens is 200 g/mol. The van der Waals surface area contributed by atoms with Crippen molar-refractivity contribution in [2.75, 3.05) is 18.5 Å². The van der Waals surface area contributed by atoms with Gasteiger partial charge in [0.25, 0.3) is 0 Å². The van der Waals surface area contributed by atoms with Crippen molar-refractivity contribution in [2.24, 2.45) is 0 Å². The Morgan fingerprint density at radius 1 is 1.31 bits per heavy atom. The number of fused-ring (bicyclic) bond motifs is 1. The van der Waals surface area contributed by atoms with E-state index >= 15 is 0 Å². The first-order valence-electron chi connectivity index (χ1n) is 5.41. The molecule has 0 fully saturated rings. The molecule has 0 bridgehead atoms. The van der Waals surface area contributed by atoms with Crippen LogP contribution in [0, 0.1) is 0 Å². The maximum Gasteiger partial charge on any atom is 0.0722 e. The maximum atomic E-state index is 9.40. The summed E-state index contributed by atoms with van der Waals surface area (Å²) in [6.07, 6.45) is 1.47. The van der Waals surface area contributed by atoms with Gasteiger partial charge in [-0.1, -0.05) is 18.2 Å². The van der Waals surface area contributed by atoms with Crippen molar-refractivity contribution < 1.29 is 5.11 Å². The van der Waals surface area contributed by atoms with Crippen molar-refractivity contribution in [2.45, 2.75) is 13.0 Å². The molecule has 0 saturated heterocycles. The third-order valence-electron chi connectivity index (χ3n) is 2.58. The van der Waals surface area contributed by atoms with Gasteiger partial charge in [-0.2, -0.15) is 0 Å². The number of aliphatic hydroxyl groups is 1. The molecule has 84 valence electrons. The summed E-state index contributed by atoms with van der Waals surface area (Å²) in [7, 11) is 1.98. The highest BCUT2D eigenvalue weighted by molar-refractivity contribution is 5.91. The van der Waals surface area contributed by atoms with Gasteiger partial charge in [0.15, 0.2) is 0 Å². The molecule has 1 aromatic heterocycles. The maximum absolute atomic E-state index is 9.40. The van der Waals surface area contributed by atoms with Crippen LogP contribution in [0.1, 0.15) is 6.92 Å². The monoisotopic (exact) mass is 216 g/mol. The van der Waals surface area contributed by atoms with E-state index in [9.17, 15) is 5.11 Å². The molecule has 1 aromatic carbocycles. The molecule has 0 radical (unpaired) electrons. The van der Waals surface area contributed by atoms with Crippen LogP contribution in [-0.2, 0) is 0 Å². The van der Waals surface area contributed by atoms with E-state index < -0.39 is 0 Å². The number of anilines is 1. The van der Waals surface area contributed by atoms with Crippen molar-refractivity contribution >= 4 is 16.6 Å². The lowest BCUT2D eigenvalue weighted by Crippen LogP contribution is -2.26. The average Bonchev–Trinajstić information content (AvgIpc) is 2.27. The fraction of sp³-hybridized carbons (Fsp3) is 0.308. The van der Waals surface area contributed by atoms with Crippen molar-refractivity contribution in [1.82, 2.24) is 4.98 Å². The Hall–Kier alpha value is -1.61. The van der Waals surface area contributed by atoms with Gasteiger partial charge in [-0.3, -0.25) is 4.98 Å². The van der Waals surface area contributed by atoms with Gasteiger partial charge in [-0.15, -0.1) is 0 Å². The van der Waals surface area contributed by atoms with Crippen molar-refractivity contribution in [1.29, 1.82) is 0 Å². The van der Waals surface area contributed by atoms with E-state index in [2.05, 4.69) is 16.0 Å². The molecule has 0 aliphatic heterocycles. The zero-order valence-electron chi connectivity index (χ0n) is 9.59. The van der Waals surface area contributed by atoms with E-state index in [1.54, 1.807) is 13.1 Å². The standard InChI is InChI=1S/C13H16N2O/c1-10(16)9-15(2)13-7-8-14-12-6-4-3-5-11(12)13/h3-8,10,16H,9H2,1-2H3. The van der Waals surface area contributed by atoms with Crippen LogP contribution in [0.2, 0.25) is 0 Å². The lowest BCUT2D eigenvalue weighted by molar-refractivity contribution is 0.201. The minimum Gasteiger partial charge on any atom is -0.392 e. The number of aliphatic hydroxyl groups excluding tert-OH is 1. The summed E-state index contributed by atoms with van der Waals surface area (Å²) in [4.78, 5) is 6.36. The zero-order valence-corrected chi connectivity index (χ0v) is 9.59. The number of rotatable bonds is 3. The smallest absolute Gasteiger partial charge is 0.0722 e. The summed E-state index contributed by atoms with van der Waals surface area (Å²) < 4.78 is 0. The quantitative estimate of drug-likeness (QED) is 0.853. The van der Waals surface area contributed by atoms with Gasteiger partial charge in [-0.25, -0.2) is 0 Å². The normalized spacial score (nSPS) is 12.7. The first-order chi connectivity index (χ1) is 7.68. The van der Waals surface area contributed by atoms with Crippen LogP contribution < -0.4 is 4.90 Å². The predicted molar refractivity (Wildman–Crippen MR) is 66.7 cm³/mol. The van der Waals surface area contributed by atoms with Crippen LogP contribution in [0.25, 0.3) is 10.9 Å². The summed E-state index contributed by atoms with van der Waals surface area (Å²) in [5, 5.41) is 10.5. The van der Waals surface area contributed by atoms with Crippen LogP contribution in [0.4, 0.5) is 5.69 Å². The minimum atomic E-state index is -0.336. The second-order valence-electron chi connectivity index (χ2n) is 4.08. The number of pyridine rings is 1. The van der Waals surface area contributed by atoms with E-state index in [1.165, 1.54) is 0 Å². The number of aromatic nitrogens is 1. The van der Waals surface area contributed by atoms with E-state index in [-0.39, 0.29) is 6.10 Å². The molecule has 3 nitrogen and oxygen atoms in total. The van der Waals surface area contributed by atoms with Gasteiger partial charge in [0, 0.05) is 30.9 Å². The SMILES string of the molecule is CC(O)CN(C)c1ccnc2ccccc12. The van der Waals surface area contributed by atoms with Gasteiger partial charge in [0.1, 0.15) is 0 Å². The van der Waals surface area contributed by atoms with Crippen LogP contribution in [0.15, 0.2) is 36.5 Å². The molecule has 0 aliphatic carbocycles. The van der Waals surface area contributed by atoms with Gasteiger partial charge in [0.2, 0.25) is 0 Å². The Kier molecular flexibility index (Phi) is 3.06. The molecule has 1 N–H and O–H groups in total. The molecule has 1 heterocycles. The summed E-state index contributed by atoms with van der Waals surface area (Å²) in [6, 6.07) is 10.0. The van der Waals surface area contributed by atoms with E-state index in [0.717, 1.165) is 16.6 Å². The summed E-state index contributed by atoms with van der Waals surface area (Å²) in [5.41, 5.74) is 2.09. The molecule has 0 saturated carbocycles. The number of hydrogen-bond acceptors (Lipinski definition) is 3. The van der Waals surface area contributed by atoms with Crippen LogP contribution in [-0.4, -0.2) is 29.8 Å². The molecule has 1 atom stereocenters. The molecule has 0 aliphatic rings. The number of para-hydroxylation sites is 1. The van der Waals surface area contributed by atoms with Crippen LogP contribution in [0.3, 0.4) is 0 Å². The molecule has 2 aromatic rings. The predicted octanol–water partition coefficient (Wildman–Crippen LogP) is 2.05. The third kappa shape index (κ3) is 2.14. The number of benzene rings is 1. The molecule has 0 spiro atoms. The summed E-state index contributed by atoms with van der Waals surface area (Å²) in [5.74, 6) is 0. The summed E-state index contributed by atoms with van der Waals surface area (Å²) >= 11 is 0. The number of nitrogens with zero attached hydrogens (tertiary/aromatic N) is 2. The molecule has 1 unspecified atom stereocenters. The Morgan fingerprint density at radius 3 is 2.81 bits per heavy atom. The molecule has 16 heavy (non-hydrogen) atoms. The second kappa shape index (κ2) is 4.49. The highest BCUT2D eigenvalue weighted by Crippen LogP contribution is 2.23. The van der Waals surface area contributed by atoms with E-state index in [0.29, 0.717) is 6.54 Å². The van der Waals surface area contributed by atoms with Gasteiger partial charge >= 0.3 is 0 Å². The van der Waals surface area contributed by atoms with Crippen molar-refractivity contribution in [3.8, 4) is 0 Å². The fourth-order valence-electron chi connectivity index (χ4n) is 1.91. The van der Waals surface area contributed by atoms with Gasteiger partial charge in [0.05, 0.1) is 11.6 Å². The zero-order chi connectivity index (χ0) is 11.5. The minimum absolute atomic E-state index is 0.336. The first kappa shape index (κ1) is 10.9. The molecular formula is C13H16N2O. The van der Waals surface area contributed by atoms with Crippen molar-refractivity contribution in [3.05, 3.63) is 36.5 Å². The first-order valence-corrected chi connectivity index (χ1v) is 5.41. The van der Waals surface area contributed by atoms with E-state index in [4.69, 9.17) is 0 Å². The fourth-order valence-corrected chi connectivity index (χ4v) is 1.91. The Morgan fingerprint density at radius 2 is 2.06 bits per heavy atom. The molecule has 0 amide bonds. The number of likely N-dealkylation sites (N-methyl/N-ethyl adjacent to an activating group) is 1. The van der Waals surface area contributed by atoms with E-state index in [1.807, 2.05) is 31.3 Å². The Labute approximate surface area is 95.3 Å². The highest BCUT2D eigenvalue weighted by Gasteiger charge is 2.07. The van der Waals surface area contributed by atoms with Crippen molar-refractivity contribution in [3.63, 3.8) is 0 Å². The lowest BCUT2D eigenvalue weighted by atomic mass is 10.1. The highest BCUT2D eigenvalue weighted by atomic mass is 16.3. The topological polar surface area (TPSA) is 36.4 Å². The van der Waals surface area contributed by atoms with Crippen LogP contribution in [0.5, 0.6) is 0 Å².